The lowest BCUT2D eigenvalue weighted by molar-refractivity contribution is -0.137. The molecule has 0 fully saturated rings. The zero-order valence-electron chi connectivity index (χ0n) is 10.0. The Morgan fingerprint density at radius 1 is 1.41 bits per heavy atom. The number of carbonyl (C=O) groups is 2. The first-order valence-electron chi connectivity index (χ1n) is 5.69. The topological polar surface area (TPSA) is 46.6 Å². The molecule has 4 heteroatoms. The molecule has 0 spiro atoms. The molecule has 0 aliphatic carbocycles. The van der Waals surface area contributed by atoms with E-state index in [9.17, 15) is 9.59 Å². The summed E-state index contributed by atoms with van der Waals surface area (Å²) in [6, 6.07) is 5.45. The number of ketones is 1. The van der Waals surface area contributed by atoms with Crippen LogP contribution in [0.2, 0.25) is 0 Å². The highest BCUT2D eigenvalue weighted by Gasteiger charge is 2.26. The van der Waals surface area contributed by atoms with E-state index in [2.05, 4.69) is 4.90 Å². The first-order valence-corrected chi connectivity index (χ1v) is 5.69. The van der Waals surface area contributed by atoms with Gasteiger partial charge in [0.25, 0.3) is 5.78 Å². The van der Waals surface area contributed by atoms with Crippen molar-refractivity contribution in [3.05, 3.63) is 29.3 Å². The maximum atomic E-state index is 11.9. The van der Waals surface area contributed by atoms with Crippen molar-refractivity contribution < 1.29 is 14.3 Å². The van der Waals surface area contributed by atoms with E-state index in [4.69, 9.17) is 4.74 Å². The summed E-state index contributed by atoms with van der Waals surface area (Å²) in [5.41, 5.74) is 2.46. The molecule has 0 bridgehead atoms. The molecule has 17 heavy (non-hydrogen) atoms. The molecule has 1 aliphatic heterocycles. The van der Waals surface area contributed by atoms with E-state index in [1.165, 1.54) is 0 Å². The minimum Gasteiger partial charge on any atom is -0.460 e. The first kappa shape index (κ1) is 11.6. The highest BCUT2D eigenvalue weighted by Crippen LogP contribution is 2.29. The summed E-state index contributed by atoms with van der Waals surface area (Å²) < 4.78 is 4.74. The van der Waals surface area contributed by atoms with Crippen LogP contribution in [0.5, 0.6) is 0 Å². The molecule has 1 heterocycles. The van der Waals surface area contributed by atoms with Gasteiger partial charge in [0.15, 0.2) is 0 Å². The first-order chi connectivity index (χ1) is 8.15. The quantitative estimate of drug-likeness (QED) is 0.450. The zero-order chi connectivity index (χ0) is 12.4. The van der Waals surface area contributed by atoms with Crippen molar-refractivity contribution in [2.75, 3.05) is 25.1 Å². The Bertz CT molecular complexity index is 468. The normalized spacial score (nSPS) is 13.4. The van der Waals surface area contributed by atoms with Crippen LogP contribution in [0.25, 0.3) is 0 Å². The number of Topliss-reactive ketones (excluding diaryl/α,β-unsaturated/α-hetero) is 1. The highest BCUT2D eigenvalue weighted by atomic mass is 16.5. The van der Waals surface area contributed by atoms with E-state index < -0.39 is 11.8 Å². The van der Waals surface area contributed by atoms with E-state index in [0.717, 1.165) is 24.2 Å². The molecule has 90 valence electrons. The Labute approximate surface area is 100 Å². The average molecular weight is 233 g/mol. The number of carbonyl (C=O) groups excluding carboxylic acids is 2. The fraction of sp³-hybridized carbons (Fsp3) is 0.385. The van der Waals surface area contributed by atoms with Gasteiger partial charge >= 0.3 is 5.97 Å². The van der Waals surface area contributed by atoms with E-state index >= 15 is 0 Å². The molecule has 2 rings (SSSR count). The van der Waals surface area contributed by atoms with Gasteiger partial charge in [0, 0.05) is 24.8 Å². The van der Waals surface area contributed by atoms with Gasteiger partial charge in [0.2, 0.25) is 0 Å². The fourth-order valence-corrected chi connectivity index (χ4v) is 2.11. The van der Waals surface area contributed by atoms with E-state index in [0.29, 0.717) is 5.56 Å². The summed E-state index contributed by atoms with van der Waals surface area (Å²) in [6.07, 6.45) is 0.799. The average Bonchev–Trinajstić information content (AvgIpc) is 2.71. The molecule has 4 nitrogen and oxygen atoms in total. The maximum absolute atomic E-state index is 11.9. The van der Waals surface area contributed by atoms with Crippen LogP contribution in [-0.2, 0) is 16.0 Å². The van der Waals surface area contributed by atoms with Gasteiger partial charge in [0.05, 0.1) is 6.61 Å². The second kappa shape index (κ2) is 4.57. The molecule has 0 aromatic heterocycles. The van der Waals surface area contributed by atoms with Gasteiger partial charge in [-0.25, -0.2) is 4.79 Å². The minimum absolute atomic E-state index is 0.222. The van der Waals surface area contributed by atoms with Crippen LogP contribution in [0.3, 0.4) is 0 Å². The maximum Gasteiger partial charge on any atom is 0.379 e. The van der Waals surface area contributed by atoms with Crippen molar-refractivity contribution in [1.82, 2.24) is 0 Å². The smallest absolute Gasteiger partial charge is 0.379 e. The second-order valence-electron chi connectivity index (χ2n) is 4.02. The van der Waals surface area contributed by atoms with Crippen molar-refractivity contribution >= 4 is 17.4 Å². The van der Waals surface area contributed by atoms with Crippen LogP contribution in [0.15, 0.2) is 18.2 Å². The summed E-state index contributed by atoms with van der Waals surface area (Å²) in [6.45, 7) is 2.79. The molecular weight excluding hydrogens is 218 g/mol. The Morgan fingerprint density at radius 2 is 2.18 bits per heavy atom. The van der Waals surface area contributed by atoms with Crippen molar-refractivity contribution in [1.29, 1.82) is 0 Å². The number of nitrogens with zero attached hydrogens (tertiary/aromatic N) is 1. The molecule has 0 saturated heterocycles. The van der Waals surface area contributed by atoms with Gasteiger partial charge in [-0.3, -0.25) is 4.79 Å². The van der Waals surface area contributed by atoms with Gasteiger partial charge in [0.1, 0.15) is 0 Å². The van der Waals surface area contributed by atoms with Crippen molar-refractivity contribution in [3.63, 3.8) is 0 Å². The molecule has 0 amide bonds. The number of rotatable bonds is 3. The summed E-state index contributed by atoms with van der Waals surface area (Å²) in [7, 11) is 1.98. The molecule has 1 aromatic carbocycles. The Hall–Kier alpha value is -1.84. The monoisotopic (exact) mass is 233 g/mol. The third kappa shape index (κ3) is 2.02. The third-order valence-electron chi connectivity index (χ3n) is 2.97. The largest absolute Gasteiger partial charge is 0.460 e. The molecule has 1 aliphatic rings. The van der Waals surface area contributed by atoms with Crippen LogP contribution in [0.1, 0.15) is 22.8 Å². The number of benzene rings is 1. The Balaban J connectivity index is 2.34. The predicted molar refractivity (Wildman–Crippen MR) is 64.4 cm³/mol. The third-order valence-corrected chi connectivity index (χ3v) is 2.97. The van der Waals surface area contributed by atoms with Crippen molar-refractivity contribution in [2.24, 2.45) is 0 Å². The lowest BCUT2D eigenvalue weighted by Crippen LogP contribution is -2.18. The summed E-state index contributed by atoms with van der Waals surface area (Å²) in [5.74, 6) is -1.31. The number of esters is 1. The molecule has 0 atom stereocenters. The lowest BCUT2D eigenvalue weighted by Gasteiger charge is -2.12. The van der Waals surface area contributed by atoms with Gasteiger partial charge in [-0.05, 0) is 25.0 Å². The zero-order valence-corrected chi connectivity index (χ0v) is 10.0. The summed E-state index contributed by atoms with van der Waals surface area (Å²) in [4.78, 5) is 25.4. The molecule has 0 saturated carbocycles. The van der Waals surface area contributed by atoms with Crippen LogP contribution in [0.4, 0.5) is 5.69 Å². The molecule has 0 radical (unpaired) electrons. The molecular formula is C13H15NO3. The SMILES string of the molecule is CCOC(=O)C(=O)c1cccc2c1CCN2C. The number of hydrogen-bond donors (Lipinski definition) is 0. The van der Waals surface area contributed by atoms with Crippen molar-refractivity contribution in [3.8, 4) is 0 Å². The van der Waals surface area contributed by atoms with Gasteiger partial charge in [-0.1, -0.05) is 12.1 Å². The number of ether oxygens (including phenoxy) is 1. The van der Waals surface area contributed by atoms with Crippen LogP contribution in [0, 0.1) is 0 Å². The van der Waals surface area contributed by atoms with Crippen LogP contribution >= 0.6 is 0 Å². The number of anilines is 1. The standard InChI is InChI=1S/C13H15NO3/c1-3-17-13(16)12(15)10-5-4-6-11-9(10)7-8-14(11)2/h4-6H,3,7-8H2,1-2H3. The second-order valence-corrected chi connectivity index (χ2v) is 4.02. The number of likely N-dealkylation sites (N-methyl/N-ethyl adjacent to an activating group) is 1. The molecule has 1 aromatic rings. The molecule has 0 N–H and O–H groups in total. The summed E-state index contributed by atoms with van der Waals surface area (Å²) in [5, 5.41) is 0. The van der Waals surface area contributed by atoms with Gasteiger partial charge in [-0.2, -0.15) is 0 Å². The van der Waals surface area contributed by atoms with E-state index in [1.54, 1.807) is 19.1 Å². The van der Waals surface area contributed by atoms with Crippen LogP contribution in [-0.4, -0.2) is 32.0 Å². The number of hydrogen-bond acceptors (Lipinski definition) is 4. The Kier molecular flexibility index (Phi) is 3.13. The highest BCUT2D eigenvalue weighted by molar-refractivity contribution is 6.41. The molecule has 0 unspecified atom stereocenters. The van der Waals surface area contributed by atoms with E-state index in [-0.39, 0.29) is 6.61 Å². The Morgan fingerprint density at radius 3 is 2.88 bits per heavy atom. The van der Waals surface area contributed by atoms with E-state index in [1.807, 2.05) is 13.1 Å². The van der Waals surface area contributed by atoms with Gasteiger partial charge < -0.3 is 9.64 Å². The van der Waals surface area contributed by atoms with Gasteiger partial charge in [-0.15, -0.1) is 0 Å². The summed E-state index contributed by atoms with van der Waals surface area (Å²) >= 11 is 0. The minimum atomic E-state index is -0.768. The van der Waals surface area contributed by atoms with Crippen LogP contribution < -0.4 is 4.90 Å². The fourth-order valence-electron chi connectivity index (χ4n) is 2.11. The van der Waals surface area contributed by atoms with Crippen molar-refractivity contribution in [2.45, 2.75) is 13.3 Å². The number of fused-ring (bicyclic) bond motifs is 1. The lowest BCUT2D eigenvalue weighted by atomic mass is 10.0. The predicted octanol–water partition coefficient (Wildman–Crippen LogP) is 1.42.